The molecule has 2 N–H and O–H groups in total. The fourth-order valence-corrected chi connectivity index (χ4v) is 2.27. The number of alkyl halides is 3. The molecule has 0 spiro atoms. The van der Waals surface area contributed by atoms with E-state index in [0.717, 1.165) is 11.1 Å². The van der Waals surface area contributed by atoms with Crippen molar-refractivity contribution in [2.45, 2.75) is 25.9 Å². The zero-order chi connectivity index (χ0) is 20.4. The van der Waals surface area contributed by atoms with Crippen molar-refractivity contribution in [3.8, 4) is 5.88 Å². The molecule has 1 heterocycles. The molecule has 10 heteroatoms. The molecule has 2 aromatic rings. The Bertz CT molecular complexity index is 754. The van der Waals surface area contributed by atoms with Crippen molar-refractivity contribution in [1.29, 1.82) is 0 Å². The van der Waals surface area contributed by atoms with Crippen LogP contribution in [0, 0.1) is 0 Å². The number of guanidine groups is 1. The van der Waals surface area contributed by atoms with Crippen LogP contribution < -0.4 is 15.4 Å². The Balaban J connectivity index is 0.00000420. The van der Waals surface area contributed by atoms with Gasteiger partial charge in [-0.1, -0.05) is 30.3 Å². The molecule has 1 aromatic heterocycles. The van der Waals surface area contributed by atoms with E-state index in [1.54, 1.807) is 38.6 Å². The molecule has 0 atom stereocenters. The van der Waals surface area contributed by atoms with Crippen LogP contribution in [0.1, 0.15) is 16.7 Å². The number of aromatic nitrogens is 1. The predicted octanol–water partition coefficient (Wildman–Crippen LogP) is 3.65. The molecule has 0 amide bonds. The lowest BCUT2D eigenvalue weighted by Crippen LogP contribution is -2.36. The highest BCUT2D eigenvalue weighted by atomic mass is 127. The number of halogens is 4. The molecule has 0 fully saturated rings. The monoisotopic (exact) mass is 524 g/mol. The molecule has 0 saturated carbocycles. The van der Waals surface area contributed by atoms with E-state index in [-0.39, 0.29) is 30.6 Å². The van der Waals surface area contributed by atoms with Crippen LogP contribution in [0.2, 0.25) is 0 Å². The Morgan fingerprint density at radius 2 is 1.59 bits per heavy atom. The van der Waals surface area contributed by atoms with E-state index in [9.17, 15) is 13.2 Å². The minimum Gasteiger partial charge on any atom is -0.481 e. The lowest BCUT2D eigenvalue weighted by atomic mass is 10.1. The molecule has 29 heavy (non-hydrogen) atoms. The van der Waals surface area contributed by atoms with Gasteiger partial charge in [-0.2, -0.15) is 13.2 Å². The smallest absolute Gasteiger partial charge is 0.411 e. The third kappa shape index (κ3) is 9.79. The summed E-state index contributed by atoms with van der Waals surface area (Å²) in [7, 11) is 3.23. The normalized spacial score (nSPS) is 11.6. The zero-order valence-corrected chi connectivity index (χ0v) is 18.5. The highest BCUT2D eigenvalue weighted by Gasteiger charge is 2.27. The predicted molar refractivity (Wildman–Crippen MR) is 115 cm³/mol. The molecule has 0 bridgehead atoms. The number of pyridine rings is 1. The van der Waals surface area contributed by atoms with Gasteiger partial charge in [-0.15, -0.1) is 24.0 Å². The summed E-state index contributed by atoms with van der Waals surface area (Å²) in [5, 5.41) is 6.35. The fourth-order valence-electron chi connectivity index (χ4n) is 2.27. The molecule has 6 nitrogen and oxygen atoms in total. The first-order valence-electron chi connectivity index (χ1n) is 8.55. The number of hydrogen-bond donors (Lipinski definition) is 2. The van der Waals surface area contributed by atoms with Gasteiger partial charge in [-0.3, -0.25) is 4.99 Å². The molecule has 160 valence electrons. The Kier molecular flexibility index (Phi) is 10.7. The molecule has 0 unspecified atom stereocenters. The summed E-state index contributed by atoms with van der Waals surface area (Å²) in [6, 6.07) is 10.8. The quantitative estimate of drug-likeness (QED) is 0.314. The van der Waals surface area contributed by atoms with Crippen LogP contribution in [0.5, 0.6) is 5.88 Å². The fraction of sp³-hybridized carbons (Fsp3) is 0.368. The number of nitrogens with one attached hydrogen (secondary N) is 2. The third-order valence-corrected chi connectivity index (χ3v) is 3.71. The van der Waals surface area contributed by atoms with Crippen molar-refractivity contribution in [3.63, 3.8) is 0 Å². The summed E-state index contributed by atoms with van der Waals surface area (Å²) in [5.41, 5.74) is 2.63. The van der Waals surface area contributed by atoms with E-state index in [0.29, 0.717) is 30.5 Å². The Morgan fingerprint density at radius 3 is 2.10 bits per heavy atom. The number of ether oxygens (including phenoxy) is 2. The molecule has 0 aliphatic carbocycles. The van der Waals surface area contributed by atoms with E-state index in [1.807, 2.05) is 18.2 Å². The van der Waals surface area contributed by atoms with Gasteiger partial charge in [0.25, 0.3) is 0 Å². The van der Waals surface area contributed by atoms with Crippen LogP contribution >= 0.6 is 24.0 Å². The number of nitrogens with zero attached hydrogens (tertiary/aromatic N) is 2. The Hall–Kier alpha value is -2.08. The first-order valence-corrected chi connectivity index (χ1v) is 8.55. The Labute approximate surface area is 184 Å². The summed E-state index contributed by atoms with van der Waals surface area (Å²) in [4.78, 5) is 8.30. The van der Waals surface area contributed by atoms with Gasteiger partial charge in [-0.05, 0) is 16.7 Å². The van der Waals surface area contributed by atoms with Gasteiger partial charge in [0.15, 0.2) is 5.96 Å². The molecule has 2 rings (SSSR count). The van der Waals surface area contributed by atoms with Crippen LogP contribution in [0.15, 0.2) is 47.6 Å². The van der Waals surface area contributed by atoms with Gasteiger partial charge in [0, 0.05) is 32.4 Å². The van der Waals surface area contributed by atoms with Crippen molar-refractivity contribution in [3.05, 3.63) is 59.3 Å². The van der Waals surface area contributed by atoms with Crippen LogP contribution in [0.4, 0.5) is 13.2 Å². The Morgan fingerprint density at radius 1 is 1.00 bits per heavy atom. The van der Waals surface area contributed by atoms with Crippen molar-refractivity contribution < 1.29 is 22.6 Å². The van der Waals surface area contributed by atoms with Gasteiger partial charge < -0.3 is 20.1 Å². The van der Waals surface area contributed by atoms with Crippen molar-refractivity contribution in [2.24, 2.45) is 4.99 Å². The third-order valence-electron chi connectivity index (χ3n) is 3.71. The van der Waals surface area contributed by atoms with Crippen LogP contribution in [0.3, 0.4) is 0 Å². The van der Waals surface area contributed by atoms with Crippen molar-refractivity contribution >= 4 is 29.9 Å². The number of methoxy groups -OCH3 is 1. The summed E-state index contributed by atoms with van der Waals surface area (Å²) >= 11 is 0. The largest absolute Gasteiger partial charge is 0.481 e. The van der Waals surface area contributed by atoms with E-state index >= 15 is 0 Å². The van der Waals surface area contributed by atoms with Gasteiger partial charge >= 0.3 is 6.18 Å². The number of aliphatic imine (C=N–C) groups is 1. The summed E-state index contributed by atoms with van der Waals surface area (Å²) in [6.45, 7) is -0.259. The summed E-state index contributed by atoms with van der Waals surface area (Å²) < 4.78 is 45.9. The maximum absolute atomic E-state index is 12.1. The molecular weight excluding hydrogens is 500 g/mol. The van der Waals surface area contributed by atoms with E-state index in [4.69, 9.17) is 4.74 Å². The number of benzene rings is 1. The second-order valence-electron chi connectivity index (χ2n) is 5.91. The molecular formula is C19H24F3IN4O2. The lowest BCUT2D eigenvalue weighted by Gasteiger charge is -2.12. The SMILES string of the molecule is CN=C(NCc1ccc(COCC(F)(F)F)cc1)NCc1ccc(OC)nc1.I. The standard InChI is InChI=1S/C19H23F3N4O2.HI/c1-23-18(26-11-16-7-8-17(27-2)24-10-16)25-9-14-3-5-15(6-4-14)12-28-13-19(20,21)22;/h3-8,10H,9,11-13H2,1-2H3,(H2,23,25,26);1H. The summed E-state index contributed by atoms with van der Waals surface area (Å²) in [5.74, 6) is 1.17. The van der Waals surface area contributed by atoms with Crippen LogP contribution in [0.25, 0.3) is 0 Å². The van der Waals surface area contributed by atoms with Crippen molar-refractivity contribution in [2.75, 3.05) is 20.8 Å². The minimum atomic E-state index is -4.31. The molecule has 0 aliphatic heterocycles. The average molecular weight is 524 g/mol. The molecule has 1 aromatic carbocycles. The minimum absolute atomic E-state index is 0. The number of hydrogen-bond acceptors (Lipinski definition) is 4. The van der Waals surface area contributed by atoms with E-state index in [1.165, 1.54) is 0 Å². The number of rotatable bonds is 8. The average Bonchev–Trinajstić information content (AvgIpc) is 2.68. The van der Waals surface area contributed by atoms with Crippen molar-refractivity contribution in [1.82, 2.24) is 15.6 Å². The molecule has 0 aliphatic rings. The van der Waals surface area contributed by atoms with Gasteiger partial charge in [-0.25, -0.2) is 4.98 Å². The highest BCUT2D eigenvalue weighted by molar-refractivity contribution is 14.0. The van der Waals surface area contributed by atoms with E-state index < -0.39 is 12.8 Å². The molecule has 0 radical (unpaired) electrons. The van der Waals surface area contributed by atoms with Gasteiger partial charge in [0.2, 0.25) is 5.88 Å². The van der Waals surface area contributed by atoms with Crippen LogP contribution in [-0.2, 0) is 24.4 Å². The molecule has 0 saturated heterocycles. The maximum atomic E-state index is 12.1. The second-order valence-corrected chi connectivity index (χ2v) is 5.91. The maximum Gasteiger partial charge on any atom is 0.411 e. The zero-order valence-electron chi connectivity index (χ0n) is 16.1. The second kappa shape index (κ2) is 12.5. The van der Waals surface area contributed by atoms with Crippen LogP contribution in [-0.4, -0.2) is 37.9 Å². The highest BCUT2D eigenvalue weighted by Crippen LogP contribution is 2.15. The summed E-state index contributed by atoms with van der Waals surface area (Å²) in [6.07, 6.45) is -2.59. The first kappa shape index (κ1) is 25.0. The van der Waals surface area contributed by atoms with E-state index in [2.05, 4.69) is 25.3 Å². The lowest BCUT2D eigenvalue weighted by molar-refractivity contribution is -0.176. The van der Waals surface area contributed by atoms with Gasteiger partial charge in [0.05, 0.1) is 13.7 Å². The first-order chi connectivity index (χ1) is 13.4. The topological polar surface area (TPSA) is 67.8 Å². The van der Waals surface area contributed by atoms with Gasteiger partial charge in [0.1, 0.15) is 6.61 Å².